The van der Waals surface area contributed by atoms with E-state index in [4.69, 9.17) is 10.8 Å². The van der Waals surface area contributed by atoms with Crippen molar-refractivity contribution >= 4 is 11.7 Å². The molecular formula is C13H21N3O2. The van der Waals surface area contributed by atoms with Crippen LogP contribution in [0.1, 0.15) is 31.9 Å². The standard InChI is InChI=1S/C13H21N3O2/c1-3-11(8-17)15-9(2)10-4-6-12(7-5-10)16-13(14)18/h4-7,9,11,15,17H,3,8H2,1-2H3,(H3,14,16,18)/t9?,11-/m1/s1. The van der Waals surface area contributed by atoms with Crippen LogP contribution in [-0.2, 0) is 0 Å². The number of nitrogens with two attached hydrogens (primary N) is 1. The van der Waals surface area contributed by atoms with Crippen LogP contribution in [0, 0.1) is 0 Å². The number of nitrogens with one attached hydrogen (secondary N) is 2. The van der Waals surface area contributed by atoms with Crippen molar-refractivity contribution in [2.24, 2.45) is 5.73 Å². The summed E-state index contributed by atoms with van der Waals surface area (Å²) in [4.78, 5) is 10.7. The van der Waals surface area contributed by atoms with Crippen LogP contribution < -0.4 is 16.4 Å². The first-order valence-electron chi connectivity index (χ1n) is 6.10. The summed E-state index contributed by atoms with van der Waals surface area (Å²) in [7, 11) is 0. The topological polar surface area (TPSA) is 87.4 Å². The Bertz CT molecular complexity index is 374. The maximum absolute atomic E-state index is 10.7. The minimum atomic E-state index is -0.569. The normalized spacial score (nSPS) is 13.9. The number of aliphatic hydroxyl groups is 1. The van der Waals surface area contributed by atoms with Gasteiger partial charge in [-0.05, 0) is 31.0 Å². The highest BCUT2D eigenvalue weighted by Crippen LogP contribution is 2.16. The monoisotopic (exact) mass is 251 g/mol. The third-order valence-electron chi connectivity index (χ3n) is 2.88. The smallest absolute Gasteiger partial charge is 0.316 e. The Morgan fingerprint density at radius 1 is 1.39 bits per heavy atom. The summed E-state index contributed by atoms with van der Waals surface area (Å²) >= 11 is 0. The van der Waals surface area contributed by atoms with Crippen molar-refractivity contribution in [1.29, 1.82) is 0 Å². The fourth-order valence-corrected chi connectivity index (χ4v) is 1.75. The second-order valence-electron chi connectivity index (χ2n) is 4.29. The Hall–Kier alpha value is -1.59. The number of urea groups is 1. The molecule has 0 aliphatic heterocycles. The number of aliphatic hydroxyl groups excluding tert-OH is 1. The molecule has 1 aromatic carbocycles. The molecule has 2 atom stereocenters. The quantitative estimate of drug-likeness (QED) is 0.619. The van der Waals surface area contributed by atoms with Gasteiger partial charge in [-0.15, -0.1) is 0 Å². The Labute approximate surface area is 107 Å². The molecule has 5 heteroatoms. The molecule has 5 N–H and O–H groups in total. The number of anilines is 1. The highest BCUT2D eigenvalue weighted by atomic mass is 16.3. The van der Waals surface area contributed by atoms with E-state index < -0.39 is 6.03 Å². The molecule has 1 aromatic rings. The molecule has 5 nitrogen and oxygen atoms in total. The van der Waals surface area contributed by atoms with E-state index >= 15 is 0 Å². The van der Waals surface area contributed by atoms with Crippen molar-refractivity contribution in [3.05, 3.63) is 29.8 Å². The van der Waals surface area contributed by atoms with E-state index in [-0.39, 0.29) is 18.7 Å². The zero-order chi connectivity index (χ0) is 13.5. The Morgan fingerprint density at radius 3 is 2.44 bits per heavy atom. The predicted molar refractivity (Wildman–Crippen MR) is 72.4 cm³/mol. The first kappa shape index (κ1) is 14.5. The molecule has 0 saturated heterocycles. The Morgan fingerprint density at radius 2 is 2.00 bits per heavy atom. The summed E-state index contributed by atoms with van der Waals surface area (Å²) in [5.41, 5.74) is 6.80. The van der Waals surface area contributed by atoms with E-state index in [1.165, 1.54) is 0 Å². The van der Waals surface area contributed by atoms with Gasteiger partial charge in [0, 0.05) is 17.8 Å². The lowest BCUT2D eigenvalue weighted by Crippen LogP contribution is -2.33. The van der Waals surface area contributed by atoms with Gasteiger partial charge in [-0.1, -0.05) is 19.1 Å². The summed E-state index contributed by atoms with van der Waals surface area (Å²) in [6.45, 7) is 4.19. The molecule has 0 bridgehead atoms. The van der Waals surface area contributed by atoms with Crippen LogP contribution in [0.3, 0.4) is 0 Å². The van der Waals surface area contributed by atoms with Crippen molar-refractivity contribution in [1.82, 2.24) is 5.32 Å². The van der Waals surface area contributed by atoms with Crippen LogP contribution in [0.25, 0.3) is 0 Å². The van der Waals surface area contributed by atoms with E-state index in [0.29, 0.717) is 5.69 Å². The van der Waals surface area contributed by atoms with E-state index in [2.05, 4.69) is 10.6 Å². The molecule has 0 aliphatic rings. The van der Waals surface area contributed by atoms with Gasteiger partial charge in [-0.25, -0.2) is 4.79 Å². The second kappa shape index (κ2) is 6.98. The maximum Gasteiger partial charge on any atom is 0.316 e. The first-order valence-corrected chi connectivity index (χ1v) is 6.10. The van der Waals surface area contributed by atoms with Crippen LogP contribution in [0.2, 0.25) is 0 Å². The van der Waals surface area contributed by atoms with Gasteiger partial charge in [0.25, 0.3) is 0 Å². The average molecular weight is 251 g/mol. The van der Waals surface area contributed by atoms with Crippen LogP contribution in [0.4, 0.5) is 10.5 Å². The predicted octanol–water partition coefficient (Wildman–Crippen LogP) is 1.60. The van der Waals surface area contributed by atoms with Gasteiger partial charge in [0.15, 0.2) is 0 Å². The van der Waals surface area contributed by atoms with Crippen LogP contribution >= 0.6 is 0 Å². The molecule has 1 rings (SSSR count). The summed E-state index contributed by atoms with van der Waals surface area (Å²) < 4.78 is 0. The first-order chi connectivity index (χ1) is 8.56. The third kappa shape index (κ3) is 4.35. The molecular weight excluding hydrogens is 230 g/mol. The number of amides is 2. The molecule has 18 heavy (non-hydrogen) atoms. The number of carbonyl (C=O) groups excluding carboxylic acids is 1. The molecule has 0 saturated carbocycles. The lowest BCUT2D eigenvalue weighted by Gasteiger charge is -2.21. The molecule has 100 valence electrons. The summed E-state index contributed by atoms with van der Waals surface area (Å²) in [5, 5.41) is 15.0. The summed E-state index contributed by atoms with van der Waals surface area (Å²) in [6, 6.07) is 7.13. The SMILES string of the molecule is CC[C@H](CO)NC(C)c1ccc(NC(N)=O)cc1. The summed E-state index contributed by atoms with van der Waals surface area (Å²) in [6.07, 6.45) is 0.877. The van der Waals surface area contributed by atoms with E-state index in [1.807, 2.05) is 26.0 Å². The van der Waals surface area contributed by atoms with Crippen molar-refractivity contribution in [2.45, 2.75) is 32.4 Å². The van der Waals surface area contributed by atoms with Crippen molar-refractivity contribution in [3.8, 4) is 0 Å². The van der Waals surface area contributed by atoms with Gasteiger partial charge >= 0.3 is 6.03 Å². The minimum absolute atomic E-state index is 0.100. The molecule has 0 radical (unpaired) electrons. The zero-order valence-corrected chi connectivity index (χ0v) is 10.8. The number of carbonyl (C=O) groups is 1. The Balaban J connectivity index is 2.63. The molecule has 0 heterocycles. The highest BCUT2D eigenvalue weighted by molar-refractivity contribution is 5.87. The molecule has 0 aliphatic carbocycles. The number of hydrogen-bond acceptors (Lipinski definition) is 3. The number of primary amides is 1. The molecule has 0 aromatic heterocycles. The lowest BCUT2D eigenvalue weighted by atomic mass is 10.1. The lowest BCUT2D eigenvalue weighted by molar-refractivity contribution is 0.230. The average Bonchev–Trinajstić information content (AvgIpc) is 2.35. The van der Waals surface area contributed by atoms with E-state index in [0.717, 1.165) is 12.0 Å². The summed E-state index contributed by atoms with van der Waals surface area (Å²) in [5.74, 6) is 0. The molecule has 0 fully saturated rings. The Kier molecular flexibility index (Phi) is 5.61. The number of hydrogen-bond donors (Lipinski definition) is 4. The van der Waals surface area contributed by atoms with Crippen LogP contribution in [0.5, 0.6) is 0 Å². The number of rotatable bonds is 6. The van der Waals surface area contributed by atoms with E-state index in [1.54, 1.807) is 12.1 Å². The fraction of sp³-hybridized carbons (Fsp3) is 0.462. The molecule has 0 spiro atoms. The van der Waals surface area contributed by atoms with Gasteiger partial charge in [-0.2, -0.15) is 0 Å². The van der Waals surface area contributed by atoms with E-state index in [9.17, 15) is 4.79 Å². The van der Waals surface area contributed by atoms with Crippen molar-refractivity contribution < 1.29 is 9.90 Å². The van der Waals surface area contributed by atoms with Gasteiger partial charge in [0.05, 0.1) is 6.61 Å². The third-order valence-corrected chi connectivity index (χ3v) is 2.88. The van der Waals surface area contributed by atoms with Gasteiger partial charge in [0.2, 0.25) is 0 Å². The van der Waals surface area contributed by atoms with Crippen LogP contribution in [-0.4, -0.2) is 23.8 Å². The maximum atomic E-state index is 10.7. The molecule has 1 unspecified atom stereocenters. The second-order valence-corrected chi connectivity index (χ2v) is 4.29. The van der Waals surface area contributed by atoms with Gasteiger partial charge in [-0.3, -0.25) is 0 Å². The molecule has 2 amide bonds. The minimum Gasteiger partial charge on any atom is -0.395 e. The number of benzene rings is 1. The largest absolute Gasteiger partial charge is 0.395 e. The van der Waals surface area contributed by atoms with Gasteiger partial charge < -0.3 is 21.5 Å². The fourth-order valence-electron chi connectivity index (χ4n) is 1.75. The highest BCUT2D eigenvalue weighted by Gasteiger charge is 2.10. The van der Waals surface area contributed by atoms with Crippen molar-refractivity contribution in [2.75, 3.05) is 11.9 Å². The van der Waals surface area contributed by atoms with Gasteiger partial charge in [0.1, 0.15) is 0 Å². The van der Waals surface area contributed by atoms with Crippen LogP contribution in [0.15, 0.2) is 24.3 Å². The zero-order valence-electron chi connectivity index (χ0n) is 10.8. The van der Waals surface area contributed by atoms with Crippen molar-refractivity contribution in [3.63, 3.8) is 0 Å².